The second-order valence-corrected chi connectivity index (χ2v) is 2.19. The first-order chi connectivity index (χ1) is 3.80. The van der Waals surface area contributed by atoms with E-state index in [1.54, 1.807) is 6.07 Å². The van der Waals surface area contributed by atoms with Crippen LogP contribution in [-0.2, 0) is 0 Å². The molecule has 0 amide bonds. The van der Waals surface area contributed by atoms with Crippen molar-refractivity contribution in [1.82, 2.24) is 5.16 Å². The normalized spacial score (nSPS) is 13.8. The van der Waals surface area contributed by atoms with Gasteiger partial charge in [-0.15, -0.1) is 11.6 Å². The Labute approximate surface area is 52.4 Å². The van der Waals surface area contributed by atoms with Crippen LogP contribution in [-0.4, -0.2) is 5.16 Å². The minimum Gasteiger partial charge on any atom is -0.364 e. The molecule has 0 aromatic carbocycles. The molecule has 1 unspecified atom stereocenters. The molecule has 8 heavy (non-hydrogen) atoms. The smallest absolute Gasteiger partial charge is 0.124 e. The summed E-state index contributed by atoms with van der Waals surface area (Å²) in [5.74, 6) is 0. The van der Waals surface area contributed by atoms with E-state index in [0.29, 0.717) is 0 Å². The Bertz CT molecular complexity index is 147. The minimum absolute atomic E-state index is 0.0475. The summed E-state index contributed by atoms with van der Waals surface area (Å²) in [5, 5.41) is 3.56. The summed E-state index contributed by atoms with van der Waals surface area (Å²) in [6, 6.07) is 1.75. The zero-order chi connectivity index (χ0) is 5.98. The van der Waals surface area contributed by atoms with E-state index >= 15 is 0 Å². The molecule has 0 N–H and O–H groups in total. The van der Waals surface area contributed by atoms with Gasteiger partial charge in [-0.05, 0) is 6.92 Å². The van der Waals surface area contributed by atoms with Crippen LogP contribution in [0.4, 0.5) is 0 Å². The van der Waals surface area contributed by atoms with Gasteiger partial charge in [0.1, 0.15) is 12.0 Å². The summed E-state index contributed by atoms with van der Waals surface area (Å²) < 4.78 is 4.54. The quantitative estimate of drug-likeness (QED) is 0.545. The van der Waals surface area contributed by atoms with Gasteiger partial charge in [-0.25, -0.2) is 0 Å². The molecule has 0 saturated heterocycles. The SMILES string of the molecule is CC(Cl)c1ccon1. The fraction of sp³-hybridized carbons (Fsp3) is 0.400. The van der Waals surface area contributed by atoms with E-state index < -0.39 is 0 Å². The number of alkyl halides is 1. The lowest BCUT2D eigenvalue weighted by Gasteiger charge is -1.89. The van der Waals surface area contributed by atoms with E-state index in [1.807, 2.05) is 6.92 Å². The van der Waals surface area contributed by atoms with Crippen molar-refractivity contribution in [2.75, 3.05) is 0 Å². The van der Waals surface area contributed by atoms with Gasteiger partial charge in [0.05, 0.1) is 5.38 Å². The van der Waals surface area contributed by atoms with Gasteiger partial charge in [0.2, 0.25) is 0 Å². The van der Waals surface area contributed by atoms with Crippen LogP contribution in [0, 0.1) is 0 Å². The third-order valence-corrected chi connectivity index (χ3v) is 1.09. The lowest BCUT2D eigenvalue weighted by molar-refractivity contribution is 0.412. The van der Waals surface area contributed by atoms with Crippen LogP contribution < -0.4 is 0 Å². The van der Waals surface area contributed by atoms with Gasteiger partial charge in [-0.2, -0.15) is 0 Å². The standard InChI is InChI=1S/C5H6ClNO/c1-4(6)5-2-3-8-7-5/h2-4H,1H3. The predicted molar refractivity (Wildman–Crippen MR) is 30.8 cm³/mol. The van der Waals surface area contributed by atoms with Gasteiger partial charge in [0.15, 0.2) is 0 Å². The van der Waals surface area contributed by atoms with Gasteiger partial charge >= 0.3 is 0 Å². The molecule has 0 aliphatic heterocycles. The van der Waals surface area contributed by atoms with Crippen LogP contribution in [0.1, 0.15) is 18.0 Å². The highest BCUT2D eigenvalue weighted by Crippen LogP contribution is 2.15. The first kappa shape index (κ1) is 5.63. The zero-order valence-corrected chi connectivity index (χ0v) is 5.22. The molecule has 1 rings (SSSR count). The first-order valence-electron chi connectivity index (χ1n) is 2.35. The topological polar surface area (TPSA) is 26.0 Å². The Morgan fingerprint density at radius 3 is 2.88 bits per heavy atom. The molecule has 3 heteroatoms. The molecule has 1 aromatic rings. The third-order valence-electron chi connectivity index (χ3n) is 0.865. The second kappa shape index (κ2) is 2.18. The molecule has 0 bridgehead atoms. The average Bonchev–Trinajstić information content (AvgIpc) is 2.12. The fourth-order valence-electron chi connectivity index (χ4n) is 0.427. The third kappa shape index (κ3) is 1.01. The molecule has 0 fully saturated rings. The van der Waals surface area contributed by atoms with Crippen molar-refractivity contribution in [3.05, 3.63) is 18.0 Å². The van der Waals surface area contributed by atoms with Crippen molar-refractivity contribution in [2.45, 2.75) is 12.3 Å². The van der Waals surface area contributed by atoms with E-state index in [0.717, 1.165) is 5.69 Å². The van der Waals surface area contributed by atoms with Crippen LogP contribution >= 0.6 is 11.6 Å². The molecule has 1 atom stereocenters. The minimum atomic E-state index is -0.0475. The van der Waals surface area contributed by atoms with Crippen molar-refractivity contribution >= 4 is 11.6 Å². The fourth-order valence-corrected chi connectivity index (χ4v) is 0.540. The van der Waals surface area contributed by atoms with Crippen molar-refractivity contribution < 1.29 is 4.52 Å². The largest absolute Gasteiger partial charge is 0.364 e. The molecule has 0 aliphatic carbocycles. The maximum absolute atomic E-state index is 5.62. The van der Waals surface area contributed by atoms with Crippen LogP contribution in [0.15, 0.2) is 16.9 Å². The predicted octanol–water partition coefficient (Wildman–Crippen LogP) is 1.97. The Kier molecular flexibility index (Phi) is 1.53. The second-order valence-electron chi connectivity index (χ2n) is 1.54. The molecule has 0 aliphatic rings. The molecule has 1 heterocycles. The van der Waals surface area contributed by atoms with Crippen molar-refractivity contribution in [3.8, 4) is 0 Å². The molecule has 0 radical (unpaired) electrons. The average molecular weight is 132 g/mol. The Hall–Kier alpha value is -0.500. The highest BCUT2D eigenvalue weighted by Gasteiger charge is 2.01. The molecule has 0 saturated carbocycles. The lowest BCUT2D eigenvalue weighted by atomic mass is 10.3. The number of nitrogens with zero attached hydrogens (tertiary/aromatic N) is 1. The van der Waals surface area contributed by atoms with Crippen molar-refractivity contribution in [2.24, 2.45) is 0 Å². The Morgan fingerprint density at radius 1 is 1.88 bits per heavy atom. The molecule has 44 valence electrons. The van der Waals surface area contributed by atoms with E-state index in [1.165, 1.54) is 6.26 Å². The number of hydrogen-bond acceptors (Lipinski definition) is 2. The Balaban J connectivity index is 2.77. The van der Waals surface area contributed by atoms with Gasteiger partial charge in [0, 0.05) is 6.07 Å². The maximum atomic E-state index is 5.62. The first-order valence-corrected chi connectivity index (χ1v) is 2.78. The Morgan fingerprint density at radius 2 is 2.62 bits per heavy atom. The summed E-state index contributed by atoms with van der Waals surface area (Å²) in [7, 11) is 0. The summed E-state index contributed by atoms with van der Waals surface area (Å²) in [6.45, 7) is 1.85. The monoisotopic (exact) mass is 131 g/mol. The van der Waals surface area contributed by atoms with E-state index in [-0.39, 0.29) is 5.38 Å². The van der Waals surface area contributed by atoms with E-state index in [9.17, 15) is 0 Å². The van der Waals surface area contributed by atoms with Crippen LogP contribution in [0.5, 0.6) is 0 Å². The highest BCUT2D eigenvalue weighted by atomic mass is 35.5. The summed E-state index contributed by atoms with van der Waals surface area (Å²) in [4.78, 5) is 0. The molecule has 2 nitrogen and oxygen atoms in total. The molecular weight excluding hydrogens is 126 g/mol. The maximum Gasteiger partial charge on any atom is 0.124 e. The van der Waals surface area contributed by atoms with E-state index in [4.69, 9.17) is 11.6 Å². The van der Waals surface area contributed by atoms with Crippen molar-refractivity contribution in [1.29, 1.82) is 0 Å². The van der Waals surface area contributed by atoms with Crippen molar-refractivity contribution in [3.63, 3.8) is 0 Å². The highest BCUT2D eigenvalue weighted by molar-refractivity contribution is 6.20. The van der Waals surface area contributed by atoms with Gasteiger partial charge in [0.25, 0.3) is 0 Å². The van der Waals surface area contributed by atoms with Crippen LogP contribution in [0.3, 0.4) is 0 Å². The summed E-state index contributed by atoms with van der Waals surface area (Å²) in [5.41, 5.74) is 0.784. The van der Waals surface area contributed by atoms with E-state index in [2.05, 4.69) is 9.68 Å². The van der Waals surface area contributed by atoms with Gasteiger partial charge < -0.3 is 4.52 Å². The van der Waals surface area contributed by atoms with Crippen LogP contribution in [0.25, 0.3) is 0 Å². The van der Waals surface area contributed by atoms with Gasteiger partial charge in [-0.1, -0.05) is 5.16 Å². The number of halogens is 1. The summed E-state index contributed by atoms with van der Waals surface area (Å²) >= 11 is 5.62. The number of rotatable bonds is 1. The number of hydrogen-bond donors (Lipinski definition) is 0. The van der Waals surface area contributed by atoms with Gasteiger partial charge in [-0.3, -0.25) is 0 Å². The lowest BCUT2D eigenvalue weighted by Crippen LogP contribution is -1.80. The molecule has 1 aromatic heterocycles. The number of aromatic nitrogens is 1. The van der Waals surface area contributed by atoms with Crippen LogP contribution in [0.2, 0.25) is 0 Å². The summed E-state index contributed by atoms with van der Waals surface area (Å²) in [6.07, 6.45) is 1.51. The molecular formula is C5H6ClNO. The zero-order valence-electron chi connectivity index (χ0n) is 4.47. The molecule has 0 spiro atoms.